The Morgan fingerprint density at radius 1 is 1.64 bits per heavy atom. The van der Waals surface area contributed by atoms with Gasteiger partial charge in [0, 0.05) is 18.5 Å². The van der Waals surface area contributed by atoms with Gasteiger partial charge in [0.25, 0.3) is 0 Å². The first-order valence-electron chi connectivity index (χ1n) is 3.98. The predicted molar refractivity (Wildman–Crippen MR) is 51.1 cm³/mol. The normalized spacial score (nSPS) is 8.93. The highest BCUT2D eigenvalue weighted by atomic mass is 16.4. The summed E-state index contributed by atoms with van der Waals surface area (Å²) in [5.41, 5.74) is -0.719. The van der Waals surface area contributed by atoms with Crippen molar-refractivity contribution in [1.82, 2.24) is 4.57 Å². The Morgan fingerprint density at radius 2 is 2.36 bits per heavy atom. The second-order valence-electron chi connectivity index (χ2n) is 2.63. The predicted octanol–water partition coefficient (Wildman–Crippen LogP) is 0.570. The third kappa shape index (κ3) is 2.23. The zero-order valence-corrected chi connectivity index (χ0v) is 7.65. The van der Waals surface area contributed by atoms with Crippen LogP contribution in [0.4, 0.5) is 0 Å². The summed E-state index contributed by atoms with van der Waals surface area (Å²) in [4.78, 5) is 21.7. The number of carbonyl (C=O) groups is 1. The van der Waals surface area contributed by atoms with E-state index in [4.69, 9.17) is 5.11 Å². The van der Waals surface area contributed by atoms with Crippen molar-refractivity contribution in [2.75, 3.05) is 0 Å². The number of hydrogen-bond acceptors (Lipinski definition) is 2. The van der Waals surface area contributed by atoms with Crippen LogP contribution >= 0.6 is 0 Å². The first kappa shape index (κ1) is 10.1. The van der Waals surface area contributed by atoms with Crippen LogP contribution in [0, 0.1) is 11.8 Å². The molecule has 0 spiro atoms. The van der Waals surface area contributed by atoms with E-state index in [1.165, 1.54) is 18.5 Å². The van der Waals surface area contributed by atoms with E-state index in [9.17, 15) is 9.59 Å². The van der Waals surface area contributed by atoms with E-state index in [0.29, 0.717) is 6.54 Å². The number of carboxylic acids is 1. The van der Waals surface area contributed by atoms with E-state index < -0.39 is 11.4 Å². The molecular formula is C10H9NO3. The second-order valence-corrected chi connectivity index (χ2v) is 2.63. The molecule has 0 unspecified atom stereocenters. The molecule has 0 radical (unpaired) electrons. The number of rotatable bonds is 2. The van der Waals surface area contributed by atoms with Crippen molar-refractivity contribution in [2.24, 2.45) is 0 Å². The molecule has 72 valence electrons. The van der Waals surface area contributed by atoms with E-state index in [1.54, 1.807) is 11.5 Å². The lowest BCUT2D eigenvalue weighted by molar-refractivity contribution is 0.0694. The van der Waals surface area contributed by atoms with Crippen molar-refractivity contribution in [3.63, 3.8) is 0 Å². The van der Waals surface area contributed by atoms with Crippen LogP contribution in [0.1, 0.15) is 17.3 Å². The summed E-state index contributed by atoms with van der Waals surface area (Å²) in [6.07, 6.45) is 2.80. The molecule has 0 aliphatic heterocycles. The average molecular weight is 191 g/mol. The van der Waals surface area contributed by atoms with Crippen LogP contribution < -0.4 is 5.43 Å². The molecule has 0 bridgehead atoms. The molecule has 14 heavy (non-hydrogen) atoms. The maximum atomic E-state index is 11.1. The molecule has 1 aromatic rings. The largest absolute Gasteiger partial charge is 0.477 e. The summed E-state index contributed by atoms with van der Waals surface area (Å²) in [6, 6.07) is 1.22. The summed E-state index contributed by atoms with van der Waals surface area (Å²) < 4.78 is 1.56. The van der Waals surface area contributed by atoms with E-state index in [1.807, 2.05) is 0 Å². The van der Waals surface area contributed by atoms with Crippen LogP contribution in [-0.2, 0) is 6.54 Å². The fourth-order valence-electron chi connectivity index (χ4n) is 0.955. The Kier molecular flexibility index (Phi) is 3.08. The highest BCUT2D eigenvalue weighted by Gasteiger charge is 2.07. The first-order chi connectivity index (χ1) is 6.65. The molecule has 0 aliphatic carbocycles. The Hall–Kier alpha value is -2.02. The molecule has 1 N–H and O–H groups in total. The van der Waals surface area contributed by atoms with Crippen LogP contribution in [0.25, 0.3) is 0 Å². The molecule has 1 rings (SSSR count). The van der Waals surface area contributed by atoms with Crippen molar-refractivity contribution in [3.05, 3.63) is 34.2 Å². The van der Waals surface area contributed by atoms with E-state index in [-0.39, 0.29) is 5.56 Å². The lowest BCUT2D eigenvalue weighted by Crippen LogP contribution is -2.16. The lowest BCUT2D eigenvalue weighted by atomic mass is 10.3. The number of aromatic nitrogens is 1. The molecular weight excluding hydrogens is 182 g/mol. The van der Waals surface area contributed by atoms with Crippen molar-refractivity contribution in [1.29, 1.82) is 0 Å². The van der Waals surface area contributed by atoms with Gasteiger partial charge in [0.05, 0.1) is 6.54 Å². The second kappa shape index (κ2) is 4.28. The lowest BCUT2D eigenvalue weighted by Gasteiger charge is -2.01. The molecule has 0 aliphatic rings. The highest BCUT2D eigenvalue weighted by Crippen LogP contribution is 1.92. The smallest absolute Gasteiger partial charge is 0.341 e. The van der Waals surface area contributed by atoms with E-state index in [2.05, 4.69) is 11.8 Å². The minimum atomic E-state index is -1.21. The van der Waals surface area contributed by atoms with E-state index >= 15 is 0 Å². The Labute approximate surface area is 80.8 Å². The maximum Gasteiger partial charge on any atom is 0.341 e. The Balaban J connectivity index is 3.10. The van der Waals surface area contributed by atoms with Crippen molar-refractivity contribution < 1.29 is 9.90 Å². The van der Waals surface area contributed by atoms with Crippen molar-refractivity contribution >= 4 is 5.97 Å². The molecule has 0 saturated carbocycles. The van der Waals surface area contributed by atoms with Gasteiger partial charge >= 0.3 is 5.97 Å². The van der Waals surface area contributed by atoms with Gasteiger partial charge < -0.3 is 9.67 Å². The average Bonchev–Trinajstić information content (AvgIpc) is 2.16. The maximum absolute atomic E-state index is 11.1. The molecule has 0 atom stereocenters. The number of pyridine rings is 1. The van der Waals surface area contributed by atoms with Crippen LogP contribution in [0.5, 0.6) is 0 Å². The zero-order valence-electron chi connectivity index (χ0n) is 7.65. The minimum Gasteiger partial charge on any atom is -0.477 e. The summed E-state index contributed by atoms with van der Waals surface area (Å²) in [7, 11) is 0. The van der Waals surface area contributed by atoms with E-state index in [0.717, 1.165) is 0 Å². The van der Waals surface area contributed by atoms with Crippen LogP contribution in [-0.4, -0.2) is 15.6 Å². The summed E-state index contributed by atoms with van der Waals surface area (Å²) in [6.45, 7) is 2.08. The van der Waals surface area contributed by atoms with Gasteiger partial charge in [-0.15, -0.1) is 5.92 Å². The van der Waals surface area contributed by atoms with Crippen molar-refractivity contribution in [3.8, 4) is 11.8 Å². The van der Waals surface area contributed by atoms with Gasteiger partial charge in [-0.05, 0) is 6.92 Å². The zero-order chi connectivity index (χ0) is 10.6. The fourth-order valence-corrected chi connectivity index (χ4v) is 0.955. The summed E-state index contributed by atoms with van der Waals surface area (Å²) in [5, 5.41) is 8.67. The van der Waals surface area contributed by atoms with Gasteiger partial charge in [-0.2, -0.15) is 0 Å². The monoisotopic (exact) mass is 191 g/mol. The van der Waals surface area contributed by atoms with Gasteiger partial charge in [0.1, 0.15) is 5.56 Å². The first-order valence-corrected chi connectivity index (χ1v) is 3.98. The molecule has 1 heterocycles. The fraction of sp³-hybridized carbons (Fsp3) is 0.200. The van der Waals surface area contributed by atoms with Crippen molar-refractivity contribution in [2.45, 2.75) is 13.5 Å². The molecule has 0 amide bonds. The van der Waals surface area contributed by atoms with Crippen LogP contribution in [0.2, 0.25) is 0 Å². The number of nitrogens with zero attached hydrogens (tertiary/aromatic N) is 1. The third-order valence-corrected chi connectivity index (χ3v) is 1.65. The summed E-state index contributed by atoms with van der Waals surface area (Å²) in [5.74, 6) is 4.24. The van der Waals surface area contributed by atoms with Crippen LogP contribution in [0.15, 0.2) is 23.3 Å². The number of carboxylic acid groups (broad SMARTS) is 1. The molecule has 1 aromatic heterocycles. The number of hydrogen-bond donors (Lipinski definition) is 1. The van der Waals surface area contributed by atoms with Gasteiger partial charge in [-0.25, -0.2) is 4.79 Å². The van der Waals surface area contributed by atoms with Gasteiger partial charge in [0.2, 0.25) is 0 Å². The standard InChI is InChI=1S/C10H9NO3/c1-2-3-5-11-6-4-9(12)8(7-11)10(13)14/h4,6-7H,5H2,1H3,(H,13,14). The SMILES string of the molecule is CC#CCn1ccc(=O)c(C(=O)O)c1. The van der Waals surface area contributed by atoms with Gasteiger partial charge in [-0.3, -0.25) is 4.79 Å². The summed E-state index contributed by atoms with van der Waals surface area (Å²) >= 11 is 0. The molecule has 0 aromatic carbocycles. The van der Waals surface area contributed by atoms with Crippen LogP contribution in [0.3, 0.4) is 0 Å². The molecule has 0 saturated heterocycles. The topological polar surface area (TPSA) is 59.3 Å². The van der Waals surface area contributed by atoms with Gasteiger partial charge in [0.15, 0.2) is 5.43 Å². The molecule has 4 nitrogen and oxygen atoms in total. The molecule has 0 fully saturated rings. The quantitative estimate of drug-likeness (QED) is 0.695. The van der Waals surface area contributed by atoms with Gasteiger partial charge in [-0.1, -0.05) is 5.92 Å². The Morgan fingerprint density at radius 3 is 2.93 bits per heavy atom. The number of aromatic carboxylic acids is 1. The third-order valence-electron chi connectivity index (χ3n) is 1.65. The highest BCUT2D eigenvalue weighted by molar-refractivity contribution is 5.86. The molecule has 4 heteroatoms. The minimum absolute atomic E-state index is 0.231. The Bertz CT molecular complexity index is 462.